The summed E-state index contributed by atoms with van der Waals surface area (Å²) in [6.45, 7) is 2.24. The second-order valence-corrected chi connectivity index (χ2v) is 6.67. The molecular weight excluding hydrogens is 377 g/mol. The lowest BCUT2D eigenvalue weighted by molar-refractivity contribution is -0.137. The van der Waals surface area contributed by atoms with E-state index in [1.807, 2.05) is 19.1 Å². The van der Waals surface area contributed by atoms with E-state index in [0.29, 0.717) is 12.0 Å². The molecular formula is C20H22ClF3N2O. The maximum Gasteiger partial charge on any atom is 0.416 e. The molecule has 0 aliphatic rings. The molecule has 1 amide bonds. The molecule has 27 heavy (non-hydrogen) atoms. The van der Waals surface area contributed by atoms with Crippen molar-refractivity contribution in [3.63, 3.8) is 0 Å². The molecule has 2 rings (SSSR count). The average Bonchev–Trinajstić information content (AvgIpc) is 2.65. The number of amides is 1. The summed E-state index contributed by atoms with van der Waals surface area (Å²) in [5.74, 6) is -0.187. The van der Waals surface area contributed by atoms with Crippen LogP contribution in [0.25, 0.3) is 11.1 Å². The first-order valence-electron chi connectivity index (χ1n) is 8.67. The molecule has 0 aliphatic heterocycles. The lowest BCUT2D eigenvalue weighted by Crippen LogP contribution is -2.41. The number of halogens is 4. The van der Waals surface area contributed by atoms with Gasteiger partial charge in [0.2, 0.25) is 0 Å². The Kier molecular flexibility index (Phi) is 7.27. The van der Waals surface area contributed by atoms with Gasteiger partial charge in [-0.25, -0.2) is 4.42 Å². The molecule has 1 atom stereocenters. The Bertz CT molecular complexity index is 745. The molecule has 0 aliphatic carbocycles. The Morgan fingerprint density at radius 1 is 1.07 bits per heavy atom. The fourth-order valence-electron chi connectivity index (χ4n) is 2.74. The molecule has 0 saturated heterocycles. The van der Waals surface area contributed by atoms with Crippen molar-refractivity contribution in [1.29, 1.82) is 0 Å². The minimum absolute atomic E-state index is 0.187. The Hall–Kier alpha value is -2.05. The van der Waals surface area contributed by atoms with Crippen LogP contribution in [0.1, 0.15) is 30.9 Å². The number of nitrogens with one attached hydrogen (secondary N) is 1. The van der Waals surface area contributed by atoms with Gasteiger partial charge >= 0.3 is 6.18 Å². The topological polar surface area (TPSA) is 32.3 Å². The van der Waals surface area contributed by atoms with E-state index in [-0.39, 0.29) is 18.5 Å². The van der Waals surface area contributed by atoms with E-state index in [4.69, 9.17) is 11.8 Å². The molecule has 0 saturated carbocycles. The molecule has 0 spiro atoms. The van der Waals surface area contributed by atoms with Crippen molar-refractivity contribution >= 4 is 17.7 Å². The first-order valence-corrected chi connectivity index (χ1v) is 9.01. The minimum atomic E-state index is -4.35. The smallest absolute Gasteiger partial charge is 0.309 e. The molecule has 0 radical (unpaired) electrons. The standard InChI is InChI=1S/C20H22ClF3N2O/c1-3-4-18(25-2)19(27)26(21)13-14-5-7-15(8-6-14)16-9-11-17(12-10-16)20(22,23)24/h5-12,18,25H,3-4,13H2,1-2H3/t18-/m0/s1. The number of carbonyl (C=O) groups is 1. The maximum absolute atomic E-state index is 12.6. The molecule has 0 aromatic heterocycles. The van der Waals surface area contributed by atoms with E-state index >= 15 is 0 Å². The highest BCUT2D eigenvalue weighted by atomic mass is 35.5. The summed E-state index contributed by atoms with van der Waals surface area (Å²) in [6.07, 6.45) is -2.78. The van der Waals surface area contributed by atoms with Crippen LogP contribution in [0.15, 0.2) is 48.5 Å². The second kappa shape index (κ2) is 9.24. The van der Waals surface area contributed by atoms with Crippen LogP contribution in [-0.2, 0) is 17.5 Å². The summed E-state index contributed by atoms with van der Waals surface area (Å²) in [7, 11) is 1.72. The molecule has 146 valence electrons. The van der Waals surface area contributed by atoms with Crippen molar-refractivity contribution in [3.05, 3.63) is 59.7 Å². The number of carbonyl (C=O) groups excluding carboxylic acids is 1. The van der Waals surface area contributed by atoms with E-state index in [2.05, 4.69) is 5.32 Å². The van der Waals surface area contributed by atoms with Crippen molar-refractivity contribution in [2.75, 3.05) is 7.05 Å². The van der Waals surface area contributed by atoms with E-state index in [1.54, 1.807) is 19.2 Å². The fraction of sp³-hybridized carbons (Fsp3) is 0.350. The minimum Gasteiger partial charge on any atom is -0.309 e. The molecule has 0 unspecified atom stereocenters. The Balaban J connectivity index is 2.05. The lowest BCUT2D eigenvalue weighted by Gasteiger charge is -2.21. The first-order chi connectivity index (χ1) is 12.8. The third kappa shape index (κ3) is 5.71. The molecule has 3 nitrogen and oxygen atoms in total. The van der Waals surface area contributed by atoms with E-state index < -0.39 is 11.7 Å². The van der Waals surface area contributed by atoms with Crippen molar-refractivity contribution in [1.82, 2.24) is 9.74 Å². The maximum atomic E-state index is 12.6. The normalized spacial score (nSPS) is 12.7. The Morgan fingerprint density at radius 2 is 1.59 bits per heavy atom. The summed E-state index contributed by atoms with van der Waals surface area (Å²) in [5.41, 5.74) is 1.64. The van der Waals surface area contributed by atoms with Crippen LogP contribution in [0, 0.1) is 0 Å². The zero-order valence-electron chi connectivity index (χ0n) is 15.2. The summed E-state index contributed by atoms with van der Waals surface area (Å²) in [5, 5.41) is 2.96. The number of nitrogens with zero attached hydrogens (tertiary/aromatic N) is 1. The average molecular weight is 399 g/mol. The van der Waals surface area contributed by atoms with Crippen LogP contribution < -0.4 is 5.32 Å². The third-order valence-corrected chi connectivity index (χ3v) is 4.57. The lowest BCUT2D eigenvalue weighted by atomic mass is 10.0. The van der Waals surface area contributed by atoms with Crippen molar-refractivity contribution < 1.29 is 18.0 Å². The van der Waals surface area contributed by atoms with Crippen LogP contribution in [0.3, 0.4) is 0 Å². The van der Waals surface area contributed by atoms with Gasteiger partial charge in [-0.3, -0.25) is 4.79 Å². The predicted molar refractivity (Wildman–Crippen MR) is 101 cm³/mol. The van der Waals surface area contributed by atoms with Crippen molar-refractivity contribution in [3.8, 4) is 11.1 Å². The summed E-state index contributed by atoms with van der Waals surface area (Å²) < 4.78 is 39.1. The molecule has 2 aromatic carbocycles. The summed E-state index contributed by atoms with van der Waals surface area (Å²) >= 11 is 6.13. The van der Waals surface area contributed by atoms with Crippen LogP contribution in [0.4, 0.5) is 13.2 Å². The van der Waals surface area contributed by atoms with E-state index in [9.17, 15) is 18.0 Å². The fourth-order valence-corrected chi connectivity index (χ4v) is 3.00. The predicted octanol–water partition coefficient (Wildman–Crippen LogP) is 5.24. The zero-order valence-corrected chi connectivity index (χ0v) is 15.9. The number of rotatable bonds is 7. The zero-order chi connectivity index (χ0) is 20.0. The van der Waals surface area contributed by atoms with Gasteiger partial charge in [-0.15, -0.1) is 0 Å². The largest absolute Gasteiger partial charge is 0.416 e. The highest BCUT2D eigenvalue weighted by molar-refractivity contribution is 6.21. The van der Waals surface area contributed by atoms with Gasteiger partial charge in [0, 0.05) is 11.8 Å². The molecule has 7 heteroatoms. The van der Waals surface area contributed by atoms with Gasteiger partial charge in [0.1, 0.15) is 0 Å². The van der Waals surface area contributed by atoms with Gasteiger partial charge in [0.25, 0.3) is 5.91 Å². The van der Waals surface area contributed by atoms with Gasteiger partial charge in [0.15, 0.2) is 0 Å². The van der Waals surface area contributed by atoms with Gasteiger partial charge in [0.05, 0.1) is 18.2 Å². The van der Waals surface area contributed by atoms with Gasteiger partial charge in [-0.1, -0.05) is 49.7 Å². The van der Waals surface area contributed by atoms with Gasteiger partial charge in [-0.05, 0) is 42.3 Å². The van der Waals surface area contributed by atoms with Gasteiger partial charge < -0.3 is 5.32 Å². The SMILES string of the molecule is CCC[C@H](NC)C(=O)N(Cl)Cc1ccc(-c2ccc(C(F)(F)F)cc2)cc1. The number of alkyl halides is 3. The molecule has 0 fully saturated rings. The highest BCUT2D eigenvalue weighted by Gasteiger charge is 2.30. The third-order valence-electron chi connectivity index (χ3n) is 4.28. The van der Waals surface area contributed by atoms with Crippen LogP contribution >= 0.6 is 11.8 Å². The molecule has 0 heterocycles. The highest BCUT2D eigenvalue weighted by Crippen LogP contribution is 2.31. The molecule has 0 bridgehead atoms. The van der Waals surface area contributed by atoms with Crippen LogP contribution in [0.5, 0.6) is 0 Å². The van der Waals surface area contributed by atoms with E-state index in [0.717, 1.165) is 34.1 Å². The van der Waals surface area contributed by atoms with Crippen molar-refractivity contribution in [2.45, 2.75) is 38.5 Å². The second-order valence-electron chi connectivity index (χ2n) is 6.26. The number of benzene rings is 2. The number of hydrogen-bond acceptors (Lipinski definition) is 2. The van der Waals surface area contributed by atoms with Gasteiger partial charge in [-0.2, -0.15) is 13.2 Å². The van der Waals surface area contributed by atoms with Crippen LogP contribution in [0.2, 0.25) is 0 Å². The van der Waals surface area contributed by atoms with Crippen LogP contribution in [-0.4, -0.2) is 23.4 Å². The molecule has 2 aromatic rings. The Labute approximate surface area is 162 Å². The monoisotopic (exact) mass is 398 g/mol. The Morgan fingerprint density at radius 3 is 2.04 bits per heavy atom. The quantitative estimate of drug-likeness (QED) is 0.646. The van der Waals surface area contributed by atoms with E-state index in [1.165, 1.54) is 12.1 Å². The number of hydrogen-bond donors (Lipinski definition) is 1. The summed E-state index contributed by atoms with van der Waals surface area (Å²) in [4.78, 5) is 12.3. The first kappa shape index (κ1) is 21.3. The summed E-state index contributed by atoms with van der Waals surface area (Å²) in [6, 6.07) is 11.9. The number of likely N-dealkylation sites (N-methyl/N-ethyl adjacent to an activating group) is 1. The molecule has 1 N–H and O–H groups in total. The van der Waals surface area contributed by atoms with Crippen molar-refractivity contribution in [2.24, 2.45) is 0 Å².